The Labute approximate surface area is 115 Å². The van der Waals surface area contributed by atoms with Crippen LogP contribution in [-0.2, 0) is 0 Å². The van der Waals surface area contributed by atoms with E-state index in [1.54, 1.807) is 0 Å². The van der Waals surface area contributed by atoms with E-state index in [0.29, 0.717) is 0 Å². The molecule has 0 bridgehead atoms. The second-order valence-electron chi connectivity index (χ2n) is 5.75. The lowest BCUT2D eigenvalue weighted by molar-refractivity contribution is -0.599. The Kier molecular flexibility index (Phi) is 3.49. The van der Waals surface area contributed by atoms with Crippen molar-refractivity contribution in [1.29, 1.82) is 0 Å². The van der Waals surface area contributed by atoms with Crippen LogP contribution in [0.2, 0.25) is 0 Å². The van der Waals surface area contributed by atoms with Crippen LogP contribution in [0.4, 0.5) is 11.5 Å². The standard InChI is InChI=1S/C15H23N3O/c1-13-11-14(16-7-3-2-4-8-16)12-15(18(13)19)17-9-5-6-10-17/h11-12H,2-10H2,1H3. The summed E-state index contributed by atoms with van der Waals surface area (Å²) in [6.07, 6.45) is 6.28. The fourth-order valence-electron chi connectivity index (χ4n) is 3.19. The van der Waals surface area contributed by atoms with E-state index >= 15 is 0 Å². The Morgan fingerprint density at radius 2 is 1.47 bits per heavy atom. The van der Waals surface area contributed by atoms with Crippen LogP contribution in [0.15, 0.2) is 12.1 Å². The highest BCUT2D eigenvalue weighted by Crippen LogP contribution is 2.25. The van der Waals surface area contributed by atoms with Crippen molar-refractivity contribution in [3.8, 4) is 0 Å². The lowest BCUT2D eigenvalue weighted by atomic mass is 10.1. The van der Waals surface area contributed by atoms with E-state index in [1.165, 1.54) is 37.8 Å². The van der Waals surface area contributed by atoms with Gasteiger partial charge in [-0.15, -0.1) is 0 Å². The van der Waals surface area contributed by atoms with Gasteiger partial charge in [0.15, 0.2) is 0 Å². The maximum atomic E-state index is 12.2. The van der Waals surface area contributed by atoms with E-state index in [-0.39, 0.29) is 0 Å². The molecule has 3 rings (SSSR count). The number of hydrogen-bond acceptors (Lipinski definition) is 3. The van der Waals surface area contributed by atoms with E-state index in [0.717, 1.165) is 42.4 Å². The molecule has 0 amide bonds. The number of anilines is 2. The van der Waals surface area contributed by atoms with Crippen molar-refractivity contribution < 1.29 is 4.73 Å². The van der Waals surface area contributed by atoms with Crippen LogP contribution in [0.3, 0.4) is 0 Å². The topological polar surface area (TPSA) is 33.4 Å². The van der Waals surface area contributed by atoms with Crippen molar-refractivity contribution in [2.45, 2.75) is 39.0 Å². The van der Waals surface area contributed by atoms with E-state index in [4.69, 9.17) is 0 Å². The Morgan fingerprint density at radius 3 is 2.16 bits per heavy atom. The minimum absolute atomic E-state index is 0.810. The van der Waals surface area contributed by atoms with Gasteiger partial charge < -0.3 is 10.1 Å². The molecule has 1 aromatic rings. The van der Waals surface area contributed by atoms with Crippen molar-refractivity contribution in [3.05, 3.63) is 23.0 Å². The van der Waals surface area contributed by atoms with E-state index in [9.17, 15) is 5.21 Å². The van der Waals surface area contributed by atoms with Gasteiger partial charge >= 0.3 is 0 Å². The zero-order valence-corrected chi connectivity index (χ0v) is 11.8. The molecule has 1 aromatic heterocycles. The Hall–Kier alpha value is -1.45. The molecule has 0 atom stereocenters. The zero-order chi connectivity index (χ0) is 13.2. The molecule has 104 valence electrons. The fraction of sp³-hybridized carbons (Fsp3) is 0.667. The largest absolute Gasteiger partial charge is 0.710 e. The van der Waals surface area contributed by atoms with Crippen LogP contribution >= 0.6 is 0 Å². The molecular formula is C15H23N3O. The second kappa shape index (κ2) is 5.27. The molecular weight excluding hydrogens is 238 g/mol. The minimum atomic E-state index is 0.810. The van der Waals surface area contributed by atoms with Crippen LogP contribution in [0.25, 0.3) is 0 Å². The summed E-state index contributed by atoms with van der Waals surface area (Å²) in [7, 11) is 0. The number of aromatic nitrogens is 1. The molecule has 2 saturated heterocycles. The van der Waals surface area contributed by atoms with E-state index in [1.807, 2.05) is 13.0 Å². The molecule has 0 aliphatic carbocycles. The third-order valence-electron chi connectivity index (χ3n) is 4.31. The Morgan fingerprint density at radius 1 is 0.895 bits per heavy atom. The van der Waals surface area contributed by atoms with Crippen LogP contribution < -0.4 is 14.5 Å². The summed E-state index contributed by atoms with van der Waals surface area (Å²) < 4.78 is 1.10. The first-order valence-electron chi connectivity index (χ1n) is 7.50. The predicted molar refractivity (Wildman–Crippen MR) is 77.7 cm³/mol. The Bertz CT molecular complexity index is 449. The Balaban J connectivity index is 1.92. The van der Waals surface area contributed by atoms with E-state index < -0.39 is 0 Å². The predicted octanol–water partition coefficient (Wildman–Crippen LogP) is 2.22. The molecule has 4 heteroatoms. The number of pyridine rings is 1. The highest BCUT2D eigenvalue weighted by molar-refractivity contribution is 5.54. The first-order valence-corrected chi connectivity index (χ1v) is 7.50. The molecule has 0 saturated carbocycles. The van der Waals surface area contributed by atoms with Crippen molar-refractivity contribution in [1.82, 2.24) is 0 Å². The summed E-state index contributed by atoms with van der Waals surface area (Å²) in [6, 6.07) is 4.13. The molecule has 2 aliphatic heterocycles. The summed E-state index contributed by atoms with van der Waals surface area (Å²) >= 11 is 0. The first-order chi connectivity index (χ1) is 9.25. The number of piperidine rings is 1. The van der Waals surface area contributed by atoms with Gasteiger partial charge in [-0.1, -0.05) is 0 Å². The number of hydrogen-bond donors (Lipinski definition) is 0. The zero-order valence-electron chi connectivity index (χ0n) is 11.8. The summed E-state index contributed by atoms with van der Waals surface area (Å²) in [5.74, 6) is 0.845. The molecule has 3 heterocycles. The number of nitrogens with zero attached hydrogens (tertiary/aromatic N) is 3. The van der Waals surface area contributed by atoms with Gasteiger partial charge in [-0.2, -0.15) is 0 Å². The van der Waals surface area contributed by atoms with Gasteiger partial charge in [0.05, 0.1) is 19.2 Å². The van der Waals surface area contributed by atoms with Gasteiger partial charge in [-0.3, -0.25) is 4.90 Å². The molecule has 0 radical (unpaired) electrons. The van der Waals surface area contributed by atoms with Gasteiger partial charge in [0, 0.05) is 24.8 Å². The normalized spacial score (nSPS) is 20.1. The molecule has 2 aliphatic rings. The average Bonchev–Trinajstić information content (AvgIpc) is 2.96. The average molecular weight is 261 g/mol. The maximum Gasteiger partial charge on any atom is 0.281 e. The minimum Gasteiger partial charge on any atom is -0.710 e. The van der Waals surface area contributed by atoms with Crippen molar-refractivity contribution in [3.63, 3.8) is 0 Å². The van der Waals surface area contributed by atoms with Crippen molar-refractivity contribution in [2.24, 2.45) is 0 Å². The van der Waals surface area contributed by atoms with Crippen LogP contribution in [0.1, 0.15) is 37.8 Å². The molecule has 0 unspecified atom stereocenters. The fourth-order valence-corrected chi connectivity index (χ4v) is 3.19. The first kappa shape index (κ1) is 12.6. The molecule has 2 fully saturated rings. The monoisotopic (exact) mass is 261 g/mol. The quantitative estimate of drug-likeness (QED) is 0.604. The lowest BCUT2D eigenvalue weighted by Crippen LogP contribution is -2.40. The molecule has 19 heavy (non-hydrogen) atoms. The van der Waals surface area contributed by atoms with Gasteiger partial charge in [-0.25, -0.2) is 4.73 Å². The van der Waals surface area contributed by atoms with Gasteiger partial charge in [0.2, 0.25) is 0 Å². The van der Waals surface area contributed by atoms with Gasteiger partial charge in [0.25, 0.3) is 5.82 Å². The third kappa shape index (κ3) is 2.48. The third-order valence-corrected chi connectivity index (χ3v) is 4.31. The highest BCUT2D eigenvalue weighted by atomic mass is 16.5. The number of rotatable bonds is 2. The molecule has 0 spiro atoms. The second-order valence-corrected chi connectivity index (χ2v) is 5.75. The van der Waals surface area contributed by atoms with Crippen LogP contribution in [0, 0.1) is 12.1 Å². The van der Waals surface area contributed by atoms with Gasteiger partial charge in [0.1, 0.15) is 5.69 Å². The van der Waals surface area contributed by atoms with Gasteiger partial charge in [-0.05, 0) is 39.0 Å². The highest BCUT2D eigenvalue weighted by Gasteiger charge is 2.24. The molecule has 4 nitrogen and oxygen atoms in total. The maximum absolute atomic E-state index is 12.2. The summed E-state index contributed by atoms with van der Waals surface area (Å²) in [6.45, 7) is 6.21. The summed E-state index contributed by atoms with van der Waals surface area (Å²) in [4.78, 5) is 4.66. The summed E-state index contributed by atoms with van der Waals surface area (Å²) in [5.41, 5.74) is 2.04. The van der Waals surface area contributed by atoms with Crippen LogP contribution in [0.5, 0.6) is 0 Å². The van der Waals surface area contributed by atoms with Crippen molar-refractivity contribution >= 4 is 11.5 Å². The van der Waals surface area contributed by atoms with Crippen molar-refractivity contribution in [2.75, 3.05) is 36.0 Å². The molecule has 0 aromatic carbocycles. The lowest BCUT2D eigenvalue weighted by Gasteiger charge is -2.30. The van der Waals surface area contributed by atoms with Crippen LogP contribution in [-0.4, -0.2) is 26.2 Å². The SMILES string of the molecule is Cc1cc(N2CCCCC2)cc(N2CCCC2)[n+]1[O-]. The smallest absolute Gasteiger partial charge is 0.281 e. The molecule has 0 N–H and O–H groups in total. The summed E-state index contributed by atoms with van der Waals surface area (Å²) in [5, 5.41) is 12.2. The van der Waals surface area contributed by atoms with E-state index in [2.05, 4.69) is 15.9 Å². The number of aryl methyl sites for hydroxylation is 1.